The molecular weight excluding hydrogens is 328 g/mol. The Kier molecular flexibility index (Phi) is 10.9. The molecule has 0 atom stereocenters. The van der Waals surface area contributed by atoms with Gasteiger partial charge in [-0.3, -0.25) is 0 Å². The van der Waals surface area contributed by atoms with Gasteiger partial charge in [0.15, 0.2) is 0 Å². The van der Waals surface area contributed by atoms with Crippen LogP contribution in [-0.4, -0.2) is 21.3 Å². The SMILES string of the molecule is CCCCCCCCCCO[Si](C)(C)Oc1ccc(OC(C)C)cc1. The lowest BCUT2D eigenvalue weighted by Gasteiger charge is -2.24. The predicted molar refractivity (Wildman–Crippen MR) is 109 cm³/mol. The van der Waals surface area contributed by atoms with Crippen LogP contribution in [0.4, 0.5) is 0 Å². The number of unbranched alkanes of at least 4 members (excludes halogenated alkanes) is 7. The van der Waals surface area contributed by atoms with Crippen molar-refractivity contribution in [2.45, 2.75) is 91.3 Å². The summed E-state index contributed by atoms with van der Waals surface area (Å²) in [7, 11) is -2.12. The molecule has 0 aromatic heterocycles. The first-order valence-corrected chi connectivity index (χ1v) is 12.8. The summed E-state index contributed by atoms with van der Waals surface area (Å²) in [5.74, 6) is 1.74. The van der Waals surface area contributed by atoms with Crippen LogP contribution in [0.1, 0.15) is 72.1 Å². The minimum Gasteiger partial charge on any atom is -0.520 e. The van der Waals surface area contributed by atoms with E-state index in [0.29, 0.717) is 0 Å². The van der Waals surface area contributed by atoms with Crippen molar-refractivity contribution in [1.82, 2.24) is 0 Å². The highest BCUT2D eigenvalue weighted by atomic mass is 28.4. The third-order valence-corrected chi connectivity index (χ3v) is 5.63. The van der Waals surface area contributed by atoms with E-state index < -0.39 is 8.56 Å². The number of rotatable bonds is 14. The maximum absolute atomic E-state index is 6.09. The van der Waals surface area contributed by atoms with Crippen molar-refractivity contribution in [2.24, 2.45) is 0 Å². The molecule has 144 valence electrons. The third kappa shape index (κ3) is 11.3. The van der Waals surface area contributed by atoms with E-state index in [1.54, 1.807) is 0 Å². The fourth-order valence-electron chi connectivity index (χ4n) is 2.73. The van der Waals surface area contributed by atoms with Crippen LogP contribution in [0, 0.1) is 0 Å². The summed E-state index contributed by atoms with van der Waals surface area (Å²) < 4.78 is 17.8. The first-order valence-electron chi connectivity index (χ1n) is 10.0. The molecule has 0 aliphatic rings. The van der Waals surface area contributed by atoms with E-state index >= 15 is 0 Å². The molecule has 0 fully saturated rings. The topological polar surface area (TPSA) is 27.7 Å². The molecule has 0 amide bonds. The second-order valence-corrected chi connectivity index (χ2v) is 10.8. The summed E-state index contributed by atoms with van der Waals surface area (Å²) in [5, 5.41) is 0. The zero-order valence-corrected chi connectivity index (χ0v) is 18.0. The summed E-state index contributed by atoms with van der Waals surface area (Å²) in [5.41, 5.74) is 0. The van der Waals surface area contributed by atoms with Crippen LogP contribution in [0.3, 0.4) is 0 Å². The van der Waals surface area contributed by atoms with E-state index in [0.717, 1.165) is 24.5 Å². The molecule has 1 rings (SSSR count). The highest BCUT2D eigenvalue weighted by Crippen LogP contribution is 2.22. The van der Waals surface area contributed by atoms with Gasteiger partial charge in [-0.15, -0.1) is 0 Å². The zero-order chi connectivity index (χ0) is 18.5. The van der Waals surface area contributed by atoms with Gasteiger partial charge in [0.2, 0.25) is 0 Å². The average molecular weight is 367 g/mol. The summed E-state index contributed by atoms with van der Waals surface area (Å²) >= 11 is 0. The molecule has 1 aromatic rings. The van der Waals surface area contributed by atoms with E-state index in [1.165, 1.54) is 44.9 Å². The fraction of sp³-hybridized carbons (Fsp3) is 0.714. The molecule has 0 aliphatic heterocycles. The molecule has 0 spiro atoms. The smallest absolute Gasteiger partial charge is 0.392 e. The van der Waals surface area contributed by atoms with Crippen molar-refractivity contribution in [3.63, 3.8) is 0 Å². The van der Waals surface area contributed by atoms with Crippen LogP contribution in [-0.2, 0) is 4.43 Å². The number of benzene rings is 1. The normalized spacial score (nSPS) is 11.8. The molecule has 0 aliphatic carbocycles. The number of ether oxygens (including phenoxy) is 1. The summed E-state index contributed by atoms with van der Waals surface area (Å²) in [6.45, 7) is 11.3. The predicted octanol–water partition coefficient (Wildman–Crippen LogP) is 6.71. The molecule has 0 bridgehead atoms. The van der Waals surface area contributed by atoms with Gasteiger partial charge in [-0.2, -0.15) is 0 Å². The van der Waals surface area contributed by atoms with Gasteiger partial charge in [-0.05, 0) is 57.6 Å². The molecule has 3 nitrogen and oxygen atoms in total. The van der Waals surface area contributed by atoms with Crippen molar-refractivity contribution in [3.05, 3.63) is 24.3 Å². The Hall–Kier alpha value is -1.00. The number of hydrogen-bond acceptors (Lipinski definition) is 3. The van der Waals surface area contributed by atoms with Crippen molar-refractivity contribution < 1.29 is 13.6 Å². The zero-order valence-electron chi connectivity index (χ0n) is 17.0. The lowest BCUT2D eigenvalue weighted by atomic mass is 10.1. The Morgan fingerprint density at radius 2 is 1.32 bits per heavy atom. The molecule has 0 N–H and O–H groups in total. The lowest BCUT2D eigenvalue weighted by Crippen LogP contribution is -2.38. The maximum Gasteiger partial charge on any atom is 0.392 e. The van der Waals surface area contributed by atoms with Crippen molar-refractivity contribution in [1.29, 1.82) is 0 Å². The van der Waals surface area contributed by atoms with E-state index in [1.807, 2.05) is 38.1 Å². The van der Waals surface area contributed by atoms with Crippen molar-refractivity contribution in [2.75, 3.05) is 6.61 Å². The monoisotopic (exact) mass is 366 g/mol. The summed E-state index contributed by atoms with van der Waals surface area (Å²) in [4.78, 5) is 0. The van der Waals surface area contributed by atoms with Crippen LogP contribution in [0.5, 0.6) is 11.5 Å². The van der Waals surface area contributed by atoms with Gasteiger partial charge in [-0.1, -0.05) is 51.9 Å². The Labute approximate surface area is 156 Å². The van der Waals surface area contributed by atoms with E-state index in [2.05, 4.69) is 20.0 Å². The Bertz CT molecular complexity index is 443. The van der Waals surface area contributed by atoms with E-state index in [-0.39, 0.29) is 6.10 Å². The van der Waals surface area contributed by atoms with Crippen LogP contribution >= 0.6 is 0 Å². The second kappa shape index (κ2) is 12.4. The molecule has 0 saturated carbocycles. The Balaban J connectivity index is 2.18. The third-order valence-electron chi connectivity index (χ3n) is 4.01. The average Bonchev–Trinajstić information content (AvgIpc) is 2.54. The van der Waals surface area contributed by atoms with Crippen LogP contribution < -0.4 is 9.16 Å². The van der Waals surface area contributed by atoms with Crippen molar-refractivity contribution >= 4 is 8.56 Å². The van der Waals surface area contributed by atoms with Gasteiger partial charge in [0.1, 0.15) is 11.5 Å². The van der Waals surface area contributed by atoms with Gasteiger partial charge in [-0.25, -0.2) is 0 Å². The molecule has 0 radical (unpaired) electrons. The minimum atomic E-state index is -2.12. The van der Waals surface area contributed by atoms with E-state index in [9.17, 15) is 0 Å². The van der Waals surface area contributed by atoms with Gasteiger partial charge < -0.3 is 13.6 Å². The van der Waals surface area contributed by atoms with Crippen LogP contribution in [0.25, 0.3) is 0 Å². The van der Waals surface area contributed by atoms with Crippen LogP contribution in [0.15, 0.2) is 24.3 Å². The van der Waals surface area contributed by atoms with E-state index in [4.69, 9.17) is 13.6 Å². The molecule has 0 saturated heterocycles. The Morgan fingerprint density at radius 1 is 0.800 bits per heavy atom. The summed E-state index contributed by atoms with van der Waals surface area (Å²) in [6.07, 6.45) is 10.7. The Morgan fingerprint density at radius 3 is 1.88 bits per heavy atom. The molecular formula is C21H38O3Si. The highest BCUT2D eigenvalue weighted by molar-refractivity contribution is 6.65. The number of hydrogen-bond donors (Lipinski definition) is 0. The van der Waals surface area contributed by atoms with Gasteiger partial charge in [0.05, 0.1) is 6.10 Å². The second-order valence-electron chi connectivity index (χ2n) is 7.46. The quantitative estimate of drug-likeness (QED) is 0.270. The first kappa shape index (κ1) is 22.0. The molecule has 0 heterocycles. The van der Waals surface area contributed by atoms with Gasteiger partial charge >= 0.3 is 8.56 Å². The highest BCUT2D eigenvalue weighted by Gasteiger charge is 2.26. The fourth-order valence-corrected chi connectivity index (χ4v) is 4.12. The molecule has 1 aromatic carbocycles. The molecule has 4 heteroatoms. The largest absolute Gasteiger partial charge is 0.520 e. The minimum absolute atomic E-state index is 0.188. The lowest BCUT2D eigenvalue weighted by molar-refractivity contribution is 0.237. The van der Waals surface area contributed by atoms with Crippen molar-refractivity contribution in [3.8, 4) is 11.5 Å². The summed E-state index contributed by atoms with van der Waals surface area (Å²) in [6, 6.07) is 7.84. The molecule has 0 unspecified atom stereocenters. The maximum atomic E-state index is 6.09. The standard InChI is InChI=1S/C21H38O3Si/c1-6-7-8-9-10-11-12-13-18-22-25(4,5)24-21-16-14-20(15-17-21)23-19(2)3/h14-17,19H,6-13,18H2,1-5H3. The van der Waals surface area contributed by atoms with Gasteiger partial charge in [0.25, 0.3) is 0 Å². The van der Waals surface area contributed by atoms with Gasteiger partial charge in [0, 0.05) is 6.61 Å². The van der Waals surface area contributed by atoms with Crippen LogP contribution in [0.2, 0.25) is 13.1 Å². The first-order chi connectivity index (χ1) is 11.9. The molecule has 25 heavy (non-hydrogen) atoms.